The Morgan fingerprint density at radius 1 is 0.512 bits per heavy atom. The third-order valence-electron chi connectivity index (χ3n) is 14.9. The van der Waals surface area contributed by atoms with E-state index in [-0.39, 0.29) is 37.8 Å². The second kappa shape index (κ2) is 26.7. The van der Waals surface area contributed by atoms with E-state index in [0.717, 1.165) is 101 Å². The van der Waals surface area contributed by atoms with Crippen LogP contribution in [0.4, 0.5) is 0 Å². The first-order valence-electron chi connectivity index (χ1n) is 29.4. The minimum absolute atomic E-state index is 0.0330. The van der Waals surface area contributed by atoms with Gasteiger partial charge in [0.2, 0.25) is 0 Å². The third kappa shape index (κ3) is 15.1. The Hall–Kier alpha value is -6.09. The van der Waals surface area contributed by atoms with Crippen molar-refractivity contribution >= 4 is 60.1 Å². The first kappa shape index (κ1) is 67.4. The largest absolute Gasteiger partial charge is 0.493 e. The molecule has 3 aromatic carbocycles. The van der Waals surface area contributed by atoms with Gasteiger partial charge in [0.25, 0.3) is 0 Å². The summed E-state index contributed by atoms with van der Waals surface area (Å²) in [5, 5.41) is 9.83. The fourth-order valence-electron chi connectivity index (χ4n) is 11.2. The van der Waals surface area contributed by atoms with Crippen molar-refractivity contribution in [2.24, 2.45) is 0 Å². The van der Waals surface area contributed by atoms with Crippen molar-refractivity contribution in [2.45, 2.75) is 191 Å². The predicted molar refractivity (Wildman–Crippen MR) is 336 cm³/mol. The van der Waals surface area contributed by atoms with Crippen molar-refractivity contribution in [3.8, 4) is 28.4 Å². The smallest absolute Gasteiger partial charge is 0.340 e. The van der Waals surface area contributed by atoms with E-state index in [2.05, 4.69) is 26.0 Å². The summed E-state index contributed by atoms with van der Waals surface area (Å²) in [5.74, 6) is 0.435. The van der Waals surface area contributed by atoms with E-state index in [1.807, 2.05) is 84.9 Å². The van der Waals surface area contributed by atoms with Crippen molar-refractivity contribution in [3.05, 3.63) is 128 Å². The summed E-state index contributed by atoms with van der Waals surface area (Å²) in [6.45, 7) is 33.0. The van der Waals surface area contributed by atoms with Crippen LogP contribution in [0.25, 0.3) is 22.3 Å². The SMILES string of the molecule is CC1=C(c2ccc3c(c2)CCCO3)C(C(OC(C)(C)C)C(=O)O)=C(C)S1(=O)=O.CCOC(=O)C(OC(C)(C)C)C1=C(C)S(=O)(=O)C(C)=C1c1ccc2c(c1)CCCO2.CCOC(=O)C(OC(C)(C)C)c1c(C)sc(C)c1-c1ccc2c(c1)CCCO2. The molecule has 0 bridgehead atoms. The summed E-state index contributed by atoms with van der Waals surface area (Å²) in [4.78, 5) is 40.5. The molecule has 0 aliphatic carbocycles. The van der Waals surface area contributed by atoms with Gasteiger partial charge in [0.05, 0.1) is 69.5 Å². The van der Waals surface area contributed by atoms with E-state index >= 15 is 0 Å². The lowest BCUT2D eigenvalue weighted by Crippen LogP contribution is -2.36. The Kier molecular flexibility index (Phi) is 20.9. The van der Waals surface area contributed by atoms with Gasteiger partial charge in [-0.2, -0.15) is 0 Å². The highest BCUT2D eigenvalue weighted by molar-refractivity contribution is 7.99. The van der Waals surface area contributed by atoms with E-state index in [4.69, 9.17) is 37.9 Å². The Morgan fingerprint density at radius 3 is 1.24 bits per heavy atom. The highest BCUT2D eigenvalue weighted by Crippen LogP contribution is 2.48. The van der Waals surface area contributed by atoms with Gasteiger partial charge >= 0.3 is 17.9 Å². The fraction of sp³-hybridized carbons (Fsp3) is 0.507. The number of hydrogen-bond acceptors (Lipinski definition) is 16. The molecule has 6 heterocycles. The second-order valence-electron chi connectivity index (χ2n) is 24.8. The molecular formula is C67H86O16S3. The minimum Gasteiger partial charge on any atom is -0.493 e. The number of allylic oxidation sites excluding steroid dienone is 4. The molecule has 3 atom stereocenters. The number of thiophene rings is 1. The van der Waals surface area contributed by atoms with Crippen molar-refractivity contribution < 1.29 is 74.2 Å². The summed E-state index contributed by atoms with van der Waals surface area (Å²) in [6.07, 6.45) is 2.28. The molecule has 0 radical (unpaired) electrons. The van der Waals surface area contributed by atoms with Gasteiger partial charge in [-0.05, 0) is 226 Å². The van der Waals surface area contributed by atoms with Gasteiger partial charge in [-0.1, -0.05) is 18.2 Å². The summed E-state index contributed by atoms with van der Waals surface area (Å²) in [5.41, 5.74) is 7.35. The van der Waals surface area contributed by atoms with E-state index in [9.17, 15) is 36.3 Å². The fourth-order valence-corrected chi connectivity index (χ4v) is 15.2. The average molecular weight is 1240 g/mol. The maximum atomic E-state index is 13.1. The van der Waals surface area contributed by atoms with E-state index in [1.165, 1.54) is 31.2 Å². The highest BCUT2D eigenvalue weighted by atomic mass is 32.2. The monoisotopic (exact) mass is 1240 g/mol. The molecule has 5 aliphatic rings. The van der Waals surface area contributed by atoms with E-state index in [1.54, 1.807) is 52.0 Å². The van der Waals surface area contributed by atoms with Gasteiger partial charge in [0, 0.05) is 43.2 Å². The second-order valence-corrected chi connectivity index (χ2v) is 30.7. The minimum atomic E-state index is -3.72. The molecule has 1 aromatic heterocycles. The van der Waals surface area contributed by atoms with Crippen LogP contribution in [0.15, 0.2) is 85.4 Å². The molecule has 9 rings (SSSR count). The molecule has 468 valence electrons. The topological polar surface area (TPSA) is 214 Å². The third-order valence-corrected chi connectivity index (χ3v) is 20.0. The summed E-state index contributed by atoms with van der Waals surface area (Å²) < 4.78 is 97.7. The number of esters is 2. The number of aliphatic carboxylic acids is 1. The van der Waals surface area contributed by atoms with Crippen LogP contribution in [0.5, 0.6) is 17.2 Å². The number of rotatable bonds is 14. The molecule has 0 saturated carbocycles. The Labute approximate surface area is 512 Å². The molecule has 0 fully saturated rings. The van der Waals surface area contributed by atoms with Gasteiger partial charge in [-0.3, -0.25) is 0 Å². The predicted octanol–water partition coefficient (Wildman–Crippen LogP) is 13.7. The zero-order valence-corrected chi connectivity index (χ0v) is 55.5. The van der Waals surface area contributed by atoms with Gasteiger partial charge in [0.1, 0.15) is 17.2 Å². The number of fused-ring (bicyclic) bond motifs is 3. The van der Waals surface area contributed by atoms with Crippen LogP contribution in [-0.4, -0.2) is 102 Å². The van der Waals surface area contributed by atoms with Crippen LogP contribution in [0.1, 0.15) is 172 Å². The van der Waals surface area contributed by atoms with E-state index < -0.39 is 66.7 Å². The molecule has 86 heavy (non-hydrogen) atoms. The number of carboxylic acid groups (broad SMARTS) is 1. The standard InChI is InChI=1S/C23H30O6S.C23H30O4S.C21H26O6S/c1-7-27-22(24)21(29-23(4,5)6)20-15(3)30(25,26)14(2)19(20)17-10-11-18-16(13-17)9-8-12-28-18;1-7-25-22(24)21(27-23(4,5)6)20-15(3)28-14(2)19(20)17-10-11-18-16(13-17)9-8-12-26-18;1-12-17(15-8-9-16-14(11-15)7-6-10-26-16)18(13(2)28(12,24)25)19(20(22)23)27-21(3,4)5/h10-11,13,21H,7-9,12H2,1-6H3;10-11,13,21H,7-9,12H2,1-6H3;8-9,11,19H,6-7,10H2,1-5H3,(H,22,23). The lowest BCUT2D eigenvalue weighted by molar-refractivity contribution is -0.166. The number of carboxylic acids is 1. The van der Waals surface area contributed by atoms with E-state index in [0.29, 0.717) is 42.1 Å². The van der Waals surface area contributed by atoms with Crippen LogP contribution in [-0.2, 0) is 77.0 Å². The first-order valence-corrected chi connectivity index (χ1v) is 33.2. The summed E-state index contributed by atoms with van der Waals surface area (Å²) in [7, 11) is -7.40. The Bertz CT molecular complexity index is 3630. The molecule has 5 aliphatic heterocycles. The lowest BCUT2D eigenvalue weighted by Gasteiger charge is -2.28. The van der Waals surface area contributed by atoms with Crippen LogP contribution in [0.2, 0.25) is 0 Å². The van der Waals surface area contributed by atoms with Gasteiger partial charge in [-0.15, -0.1) is 11.3 Å². The van der Waals surface area contributed by atoms with Crippen LogP contribution in [0, 0.1) is 13.8 Å². The summed E-state index contributed by atoms with van der Waals surface area (Å²) in [6, 6.07) is 17.5. The first-order chi connectivity index (χ1) is 40.1. The maximum absolute atomic E-state index is 13.1. The number of carbonyl (C=O) groups is 3. The quantitative estimate of drug-likeness (QED) is 0.116. The molecule has 1 N–H and O–H groups in total. The number of aryl methyl sites for hydroxylation is 5. The zero-order chi connectivity index (χ0) is 63.6. The summed E-state index contributed by atoms with van der Waals surface area (Å²) >= 11 is 1.70. The van der Waals surface area contributed by atoms with Crippen LogP contribution < -0.4 is 14.2 Å². The van der Waals surface area contributed by atoms with Crippen LogP contribution >= 0.6 is 11.3 Å². The maximum Gasteiger partial charge on any atom is 0.340 e. The molecule has 4 aromatic rings. The molecule has 16 nitrogen and oxygen atoms in total. The molecule has 0 spiro atoms. The van der Waals surface area contributed by atoms with Crippen molar-refractivity contribution in [1.82, 2.24) is 0 Å². The number of benzene rings is 3. The van der Waals surface area contributed by atoms with Gasteiger partial charge < -0.3 is 43.0 Å². The number of ether oxygens (including phenoxy) is 8. The average Bonchev–Trinajstić information content (AvgIpc) is 1.65. The van der Waals surface area contributed by atoms with Gasteiger partial charge in [-0.25, -0.2) is 31.2 Å². The van der Waals surface area contributed by atoms with Crippen molar-refractivity contribution in [1.29, 1.82) is 0 Å². The number of hydrogen-bond donors (Lipinski definition) is 1. The number of carbonyl (C=O) groups excluding carboxylic acids is 2. The highest BCUT2D eigenvalue weighted by Gasteiger charge is 2.44. The van der Waals surface area contributed by atoms with Crippen molar-refractivity contribution in [3.63, 3.8) is 0 Å². The zero-order valence-electron chi connectivity index (χ0n) is 53.0. The molecule has 0 amide bonds. The van der Waals surface area contributed by atoms with Crippen LogP contribution in [0.3, 0.4) is 0 Å². The lowest BCUT2D eigenvalue weighted by atomic mass is 9.90. The number of sulfone groups is 2. The molecule has 0 saturated heterocycles. The Morgan fingerprint density at radius 2 is 0.860 bits per heavy atom. The molecule has 3 unspecified atom stereocenters. The van der Waals surface area contributed by atoms with Crippen molar-refractivity contribution in [2.75, 3.05) is 33.0 Å². The molecular weight excluding hydrogens is 1160 g/mol. The van der Waals surface area contributed by atoms with Gasteiger partial charge in [0.15, 0.2) is 38.0 Å². The Balaban J connectivity index is 0.000000185. The molecule has 19 heteroatoms. The normalized spacial score (nSPS) is 18.2.